The van der Waals surface area contributed by atoms with Crippen molar-refractivity contribution in [3.63, 3.8) is 0 Å². The molecule has 0 amide bonds. The summed E-state index contributed by atoms with van der Waals surface area (Å²) in [5.74, 6) is 1.12. The van der Waals surface area contributed by atoms with Crippen molar-refractivity contribution in [1.29, 1.82) is 0 Å². The molecule has 0 radical (unpaired) electrons. The third kappa shape index (κ3) is 5.81. The van der Waals surface area contributed by atoms with Gasteiger partial charge in [0, 0.05) is 23.7 Å². The Morgan fingerprint density at radius 3 is 2.61 bits per heavy atom. The van der Waals surface area contributed by atoms with Crippen LogP contribution < -0.4 is 16.1 Å². The monoisotopic (exact) mass is 411 g/mol. The molecule has 0 unspecified atom stereocenters. The maximum atomic E-state index is 5.35. The van der Waals surface area contributed by atoms with Crippen LogP contribution in [0.2, 0.25) is 0 Å². The van der Waals surface area contributed by atoms with E-state index in [-0.39, 0.29) is 0 Å². The van der Waals surface area contributed by atoms with Crippen molar-refractivity contribution < 1.29 is 0 Å². The van der Waals surface area contributed by atoms with E-state index in [4.69, 9.17) is 12.2 Å². The molecule has 5 nitrogen and oxygen atoms in total. The smallest absolute Gasteiger partial charge is 0.191 e. The van der Waals surface area contributed by atoms with Crippen LogP contribution in [0.25, 0.3) is 0 Å². The van der Waals surface area contributed by atoms with Crippen molar-refractivity contribution in [2.24, 2.45) is 10.1 Å². The number of amidine groups is 1. The van der Waals surface area contributed by atoms with Crippen LogP contribution >= 0.6 is 24.0 Å². The van der Waals surface area contributed by atoms with Gasteiger partial charge >= 0.3 is 0 Å². The third-order valence-corrected chi connectivity index (χ3v) is 5.50. The summed E-state index contributed by atoms with van der Waals surface area (Å²) in [5, 5.41) is 12.4. The fraction of sp³-hybridized carbons (Fsp3) is 0.286. The van der Waals surface area contributed by atoms with E-state index in [2.05, 4.69) is 52.1 Å². The number of thioether (sulfide) groups is 1. The van der Waals surface area contributed by atoms with E-state index in [1.807, 2.05) is 37.3 Å². The lowest BCUT2D eigenvalue weighted by atomic mass is 10.1. The van der Waals surface area contributed by atoms with Crippen molar-refractivity contribution in [1.82, 2.24) is 5.43 Å². The van der Waals surface area contributed by atoms with E-state index in [9.17, 15) is 0 Å². The predicted molar refractivity (Wildman–Crippen MR) is 127 cm³/mol. The minimum absolute atomic E-state index is 0.469. The maximum Gasteiger partial charge on any atom is 0.191 e. The van der Waals surface area contributed by atoms with Gasteiger partial charge in [-0.05, 0) is 68.7 Å². The summed E-state index contributed by atoms with van der Waals surface area (Å²) >= 11 is 7.12. The van der Waals surface area contributed by atoms with E-state index in [1.165, 1.54) is 5.56 Å². The third-order valence-electron chi connectivity index (χ3n) is 4.31. The number of nitrogens with one attached hydrogen (secondary N) is 3. The number of rotatable bonds is 4. The molecular formula is C21H25N5S2. The highest BCUT2D eigenvalue weighted by molar-refractivity contribution is 8.14. The van der Waals surface area contributed by atoms with Gasteiger partial charge in [0.1, 0.15) is 0 Å². The van der Waals surface area contributed by atoms with Gasteiger partial charge in [0.2, 0.25) is 0 Å². The summed E-state index contributed by atoms with van der Waals surface area (Å²) in [4.78, 5) is 4.49. The maximum absolute atomic E-state index is 5.35. The van der Waals surface area contributed by atoms with Crippen molar-refractivity contribution in [2.75, 3.05) is 22.9 Å². The summed E-state index contributed by atoms with van der Waals surface area (Å²) in [6.07, 6.45) is 1.15. The quantitative estimate of drug-likeness (QED) is 0.379. The van der Waals surface area contributed by atoms with Gasteiger partial charge in [0.15, 0.2) is 10.3 Å². The molecule has 28 heavy (non-hydrogen) atoms. The highest BCUT2D eigenvalue weighted by atomic mass is 32.2. The topological polar surface area (TPSA) is 60.8 Å². The average molecular weight is 412 g/mol. The van der Waals surface area contributed by atoms with E-state index < -0.39 is 0 Å². The molecule has 1 aliphatic rings. The van der Waals surface area contributed by atoms with E-state index in [0.29, 0.717) is 5.11 Å². The van der Waals surface area contributed by atoms with Crippen LogP contribution in [-0.4, -0.2) is 28.3 Å². The van der Waals surface area contributed by atoms with Gasteiger partial charge in [-0.3, -0.25) is 10.4 Å². The lowest BCUT2D eigenvalue weighted by molar-refractivity contribution is 0.938. The second-order valence-electron chi connectivity index (χ2n) is 6.67. The SMILES string of the molecule is C/C(=N/NC(=S)Nc1ccc(C)cc1C)c1ccc(NC2=NCCCS2)cc1. The number of hydrogen-bond acceptors (Lipinski definition) is 5. The number of thiocarbonyl (C=S) groups is 1. The Labute approximate surface area is 176 Å². The zero-order valence-corrected chi connectivity index (χ0v) is 18.0. The van der Waals surface area contributed by atoms with Crippen LogP contribution in [0.5, 0.6) is 0 Å². The number of nitrogens with zero attached hydrogens (tertiary/aromatic N) is 2. The number of anilines is 2. The molecule has 0 fully saturated rings. The summed E-state index contributed by atoms with van der Waals surface area (Å²) < 4.78 is 0. The van der Waals surface area contributed by atoms with Crippen LogP contribution in [0, 0.1) is 13.8 Å². The molecule has 0 bridgehead atoms. The normalized spacial score (nSPS) is 14.2. The molecule has 0 aromatic heterocycles. The first-order valence-corrected chi connectivity index (χ1v) is 10.6. The first kappa shape index (κ1) is 20.4. The Bertz CT molecular complexity index is 904. The molecule has 0 spiro atoms. The Hall–Kier alpha value is -2.38. The highest BCUT2D eigenvalue weighted by Gasteiger charge is 2.06. The molecule has 0 atom stereocenters. The van der Waals surface area contributed by atoms with Crippen LogP contribution in [0.4, 0.5) is 11.4 Å². The molecule has 0 saturated carbocycles. The second-order valence-corrected chi connectivity index (χ2v) is 8.16. The second kappa shape index (κ2) is 9.71. The lowest BCUT2D eigenvalue weighted by Gasteiger charge is -2.13. The van der Waals surface area contributed by atoms with Gasteiger partial charge < -0.3 is 10.6 Å². The number of benzene rings is 2. The first-order valence-electron chi connectivity index (χ1n) is 9.24. The highest BCUT2D eigenvalue weighted by Crippen LogP contribution is 2.17. The molecule has 1 aliphatic heterocycles. The zero-order valence-electron chi connectivity index (χ0n) is 16.4. The molecule has 1 heterocycles. The van der Waals surface area contributed by atoms with Crippen molar-refractivity contribution in [2.45, 2.75) is 27.2 Å². The minimum atomic E-state index is 0.469. The van der Waals surface area contributed by atoms with Crippen LogP contribution in [-0.2, 0) is 0 Å². The van der Waals surface area contributed by atoms with Crippen LogP contribution in [0.15, 0.2) is 52.6 Å². The Morgan fingerprint density at radius 2 is 1.93 bits per heavy atom. The van der Waals surface area contributed by atoms with E-state index >= 15 is 0 Å². The Kier molecular flexibility index (Phi) is 7.06. The standard InChI is InChI=1S/C21H25N5S2/c1-14-5-10-19(15(2)13-14)24-20(27)26-25-16(3)17-6-8-18(9-7-17)23-21-22-11-4-12-28-21/h5-10,13H,4,11-12H2,1-3H3,(H,22,23)(H2,24,26,27)/b25-16-. The van der Waals surface area contributed by atoms with Crippen molar-refractivity contribution >= 4 is 51.3 Å². The Morgan fingerprint density at radius 1 is 1.14 bits per heavy atom. The number of hydrogen-bond donors (Lipinski definition) is 3. The van der Waals surface area contributed by atoms with Crippen molar-refractivity contribution in [3.05, 3.63) is 59.2 Å². The lowest BCUT2D eigenvalue weighted by Crippen LogP contribution is -2.25. The van der Waals surface area contributed by atoms with E-state index in [1.54, 1.807) is 11.8 Å². The zero-order chi connectivity index (χ0) is 19.9. The number of aliphatic imine (C=N–C) groups is 1. The van der Waals surface area contributed by atoms with Gasteiger partial charge in [0.05, 0.1) is 5.71 Å². The molecule has 146 valence electrons. The Balaban J connectivity index is 1.56. The summed E-state index contributed by atoms with van der Waals surface area (Å²) in [5.41, 5.74) is 9.20. The molecule has 2 aromatic carbocycles. The predicted octanol–water partition coefficient (Wildman–Crippen LogP) is 4.92. The fourth-order valence-electron chi connectivity index (χ4n) is 2.76. The van der Waals surface area contributed by atoms with Gasteiger partial charge in [0.25, 0.3) is 0 Å². The largest absolute Gasteiger partial charge is 0.335 e. The summed E-state index contributed by atoms with van der Waals surface area (Å²) in [6.45, 7) is 6.99. The molecule has 2 aromatic rings. The van der Waals surface area contributed by atoms with Gasteiger partial charge in [-0.2, -0.15) is 5.10 Å². The average Bonchev–Trinajstić information content (AvgIpc) is 2.70. The van der Waals surface area contributed by atoms with Gasteiger partial charge in [-0.15, -0.1) is 0 Å². The van der Waals surface area contributed by atoms with Gasteiger partial charge in [-0.25, -0.2) is 0 Å². The fourth-order valence-corrected chi connectivity index (χ4v) is 3.75. The minimum Gasteiger partial charge on any atom is -0.335 e. The van der Waals surface area contributed by atoms with Gasteiger partial charge in [-0.1, -0.05) is 41.6 Å². The summed E-state index contributed by atoms with van der Waals surface area (Å²) in [6, 6.07) is 14.4. The first-order chi connectivity index (χ1) is 13.5. The molecular weight excluding hydrogens is 386 g/mol. The molecule has 3 rings (SSSR count). The van der Waals surface area contributed by atoms with Crippen LogP contribution in [0.1, 0.15) is 30.0 Å². The van der Waals surface area contributed by atoms with Crippen molar-refractivity contribution in [3.8, 4) is 0 Å². The molecule has 7 heteroatoms. The molecule has 3 N–H and O–H groups in total. The van der Waals surface area contributed by atoms with Crippen LogP contribution in [0.3, 0.4) is 0 Å². The number of hydrazone groups is 1. The molecule has 0 saturated heterocycles. The summed E-state index contributed by atoms with van der Waals surface area (Å²) in [7, 11) is 0. The molecule has 0 aliphatic carbocycles. The van der Waals surface area contributed by atoms with E-state index in [0.717, 1.165) is 52.1 Å². The number of aryl methyl sites for hydroxylation is 2.